The summed E-state index contributed by atoms with van der Waals surface area (Å²) >= 11 is 5.96. The minimum atomic E-state index is 0.209. The second kappa shape index (κ2) is 7.84. The van der Waals surface area contributed by atoms with E-state index in [0.717, 1.165) is 49.8 Å². The number of halogens is 1. The molecule has 0 bridgehead atoms. The summed E-state index contributed by atoms with van der Waals surface area (Å²) in [7, 11) is 1.78. The molecular formula is C16H24ClNO2. The first-order valence-electron chi connectivity index (χ1n) is 7.50. The van der Waals surface area contributed by atoms with Gasteiger partial charge in [-0.2, -0.15) is 0 Å². The molecule has 1 aromatic rings. The highest BCUT2D eigenvalue weighted by atomic mass is 35.5. The van der Waals surface area contributed by atoms with Gasteiger partial charge in [-0.3, -0.25) is 0 Å². The number of hydrogen-bond donors (Lipinski definition) is 0. The van der Waals surface area contributed by atoms with E-state index in [-0.39, 0.29) is 6.10 Å². The molecule has 20 heavy (non-hydrogen) atoms. The monoisotopic (exact) mass is 297 g/mol. The van der Waals surface area contributed by atoms with Gasteiger partial charge in [-0.1, -0.05) is 13.3 Å². The lowest BCUT2D eigenvalue weighted by atomic mass is 9.95. The molecule has 4 heteroatoms. The molecule has 0 aromatic carbocycles. The summed E-state index contributed by atoms with van der Waals surface area (Å²) in [5.74, 6) is 1.22. The van der Waals surface area contributed by atoms with Crippen LogP contribution in [0.4, 0.5) is 0 Å². The van der Waals surface area contributed by atoms with Crippen molar-refractivity contribution in [2.75, 3.05) is 7.11 Å². The zero-order valence-electron chi connectivity index (χ0n) is 12.4. The lowest BCUT2D eigenvalue weighted by Crippen LogP contribution is -2.29. The smallest absolute Gasteiger partial charge is 0.214 e. The molecule has 112 valence electrons. The van der Waals surface area contributed by atoms with Crippen molar-refractivity contribution in [2.45, 2.75) is 63.5 Å². The lowest BCUT2D eigenvalue weighted by Gasteiger charge is -2.28. The number of rotatable bonds is 6. The zero-order chi connectivity index (χ0) is 14.4. The Labute approximate surface area is 126 Å². The summed E-state index contributed by atoms with van der Waals surface area (Å²) in [6.45, 7) is 2.15. The maximum absolute atomic E-state index is 6.07. The van der Waals surface area contributed by atoms with Gasteiger partial charge in [-0.15, -0.1) is 11.6 Å². The minimum absolute atomic E-state index is 0.209. The van der Waals surface area contributed by atoms with Crippen LogP contribution in [0.25, 0.3) is 0 Å². The van der Waals surface area contributed by atoms with E-state index in [2.05, 4.69) is 18.0 Å². The van der Waals surface area contributed by atoms with E-state index in [1.165, 1.54) is 0 Å². The number of nitrogens with zero attached hydrogens (tertiary/aromatic N) is 1. The molecule has 1 saturated carbocycles. The molecule has 1 heterocycles. The predicted octanol–water partition coefficient (Wildman–Crippen LogP) is 4.11. The fourth-order valence-electron chi connectivity index (χ4n) is 2.74. The topological polar surface area (TPSA) is 31.4 Å². The Morgan fingerprint density at radius 3 is 2.80 bits per heavy atom. The zero-order valence-corrected chi connectivity index (χ0v) is 13.2. The van der Waals surface area contributed by atoms with Crippen molar-refractivity contribution in [3.63, 3.8) is 0 Å². The fraction of sp³-hybridized carbons (Fsp3) is 0.688. The van der Waals surface area contributed by atoms with Crippen LogP contribution in [0.5, 0.6) is 5.88 Å². The quantitative estimate of drug-likeness (QED) is 0.741. The van der Waals surface area contributed by atoms with E-state index in [9.17, 15) is 0 Å². The van der Waals surface area contributed by atoms with E-state index in [4.69, 9.17) is 21.1 Å². The van der Waals surface area contributed by atoms with Gasteiger partial charge in [0.05, 0.1) is 6.10 Å². The highest BCUT2D eigenvalue weighted by Gasteiger charge is 2.23. The average Bonchev–Trinajstić information content (AvgIpc) is 2.47. The summed E-state index contributed by atoms with van der Waals surface area (Å²) in [6.07, 6.45) is 6.88. The van der Waals surface area contributed by atoms with Crippen molar-refractivity contribution in [3.05, 3.63) is 23.4 Å². The molecule has 1 aliphatic rings. The van der Waals surface area contributed by atoms with Crippen LogP contribution in [0.15, 0.2) is 12.1 Å². The number of aromatic nitrogens is 1. The minimum Gasteiger partial charge on any atom is -0.474 e. The number of methoxy groups -OCH3 is 1. The van der Waals surface area contributed by atoms with E-state index >= 15 is 0 Å². The van der Waals surface area contributed by atoms with Gasteiger partial charge in [0.1, 0.15) is 6.10 Å². The molecule has 3 nitrogen and oxygen atoms in total. The normalized spacial score (nSPS) is 22.8. The molecule has 0 radical (unpaired) electrons. The second-order valence-corrected chi connectivity index (χ2v) is 5.72. The van der Waals surface area contributed by atoms with Crippen LogP contribution >= 0.6 is 11.6 Å². The van der Waals surface area contributed by atoms with Crippen molar-refractivity contribution in [1.82, 2.24) is 4.98 Å². The van der Waals surface area contributed by atoms with Crippen LogP contribution in [-0.4, -0.2) is 24.3 Å². The van der Waals surface area contributed by atoms with Gasteiger partial charge in [0.15, 0.2) is 0 Å². The van der Waals surface area contributed by atoms with Crippen LogP contribution in [-0.2, 0) is 17.0 Å². The molecule has 0 aliphatic heterocycles. The van der Waals surface area contributed by atoms with Crippen molar-refractivity contribution in [1.29, 1.82) is 0 Å². The molecule has 1 fully saturated rings. The Morgan fingerprint density at radius 2 is 2.10 bits per heavy atom. The third kappa shape index (κ3) is 4.35. The van der Waals surface area contributed by atoms with Crippen molar-refractivity contribution < 1.29 is 9.47 Å². The highest BCUT2D eigenvalue weighted by molar-refractivity contribution is 6.17. The lowest BCUT2D eigenvalue weighted by molar-refractivity contribution is 0.0194. The fourth-order valence-corrected chi connectivity index (χ4v) is 2.89. The molecule has 2 rings (SSSR count). The first kappa shape index (κ1) is 15.6. The Morgan fingerprint density at radius 1 is 1.30 bits per heavy atom. The van der Waals surface area contributed by atoms with E-state index in [0.29, 0.717) is 17.9 Å². The van der Waals surface area contributed by atoms with Gasteiger partial charge in [0.25, 0.3) is 0 Å². The van der Waals surface area contributed by atoms with Gasteiger partial charge in [0, 0.05) is 31.2 Å². The van der Waals surface area contributed by atoms with E-state index in [1.54, 1.807) is 7.11 Å². The third-order valence-corrected chi connectivity index (χ3v) is 4.08. The molecule has 0 saturated heterocycles. The molecule has 1 aromatic heterocycles. The third-order valence-electron chi connectivity index (χ3n) is 3.77. The summed E-state index contributed by atoms with van der Waals surface area (Å²) in [4.78, 5) is 4.59. The molecular weight excluding hydrogens is 274 g/mol. The predicted molar refractivity (Wildman–Crippen MR) is 81.5 cm³/mol. The van der Waals surface area contributed by atoms with Crippen LogP contribution in [0.1, 0.15) is 50.3 Å². The maximum Gasteiger partial charge on any atom is 0.214 e. The van der Waals surface area contributed by atoms with Crippen LogP contribution in [0, 0.1) is 0 Å². The molecule has 1 aliphatic carbocycles. The number of alkyl halides is 1. The number of aryl methyl sites for hydroxylation is 1. The molecule has 0 amide bonds. The number of ether oxygens (including phenoxy) is 2. The average molecular weight is 298 g/mol. The van der Waals surface area contributed by atoms with Crippen LogP contribution in [0.3, 0.4) is 0 Å². The maximum atomic E-state index is 6.07. The van der Waals surface area contributed by atoms with Gasteiger partial charge in [-0.05, 0) is 37.3 Å². The highest BCUT2D eigenvalue weighted by Crippen LogP contribution is 2.25. The summed E-state index contributed by atoms with van der Waals surface area (Å²) in [5.41, 5.74) is 2.15. The van der Waals surface area contributed by atoms with Crippen molar-refractivity contribution in [2.24, 2.45) is 0 Å². The molecule has 0 spiro atoms. The molecule has 2 atom stereocenters. The Bertz CT molecular complexity index is 425. The van der Waals surface area contributed by atoms with Crippen LogP contribution < -0.4 is 4.74 Å². The van der Waals surface area contributed by atoms with Gasteiger partial charge in [0.2, 0.25) is 5.88 Å². The second-order valence-electron chi connectivity index (χ2n) is 5.45. The van der Waals surface area contributed by atoms with Gasteiger partial charge in [-0.25, -0.2) is 4.98 Å². The Hall–Kier alpha value is -0.800. The van der Waals surface area contributed by atoms with E-state index < -0.39 is 0 Å². The van der Waals surface area contributed by atoms with Crippen molar-refractivity contribution >= 4 is 11.6 Å². The Balaban J connectivity index is 2.05. The molecule has 0 N–H and O–H groups in total. The van der Waals surface area contributed by atoms with Crippen LogP contribution in [0.2, 0.25) is 0 Å². The summed E-state index contributed by atoms with van der Waals surface area (Å²) in [5, 5.41) is 0. The van der Waals surface area contributed by atoms with Crippen molar-refractivity contribution in [3.8, 4) is 5.88 Å². The molecule has 2 unspecified atom stereocenters. The first-order chi connectivity index (χ1) is 9.75. The number of hydrogen-bond acceptors (Lipinski definition) is 3. The van der Waals surface area contributed by atoms with E-state index in [1.807, 2.05) is 6.07 Å². The standard InChI is InChI=1S/C16H24ClNO2/c1-3-5-13-8-12(11-17)9-16(18-13)20-15-7-4-6-14(10-15)19-2/h8-9,14-15H,3-7,10-11H2,1-2H3. The summed E-state index contributed by atoms with van der Waals surface area (Å²) < 4.78 is 11.5. The Kier molecular flexibility index (Phi) is 6.11. The SMILES string of the molecule is CCCc1cc(CCl)cc(OC2CCCC(OC)C2)n1. The number of pyridine rings is 1. The summed E-state index contributed by atoms with van der Waals surface area (Å²) in [6, 6.07) is 4.03. The van der Waals surface area contributed by atoms with Gasteiger partial charge >= 0.3 is 0 Å². The van der Waals surface area contributed by atoms with Gasteiger partial charge < -0.3 is 9.47 Å². The first-order valence-corrected chi connectivity index (χ1v) is 8.03. The largest absolute Gasteiger partial charge is 0.474 e.